The monoisotopic (exact) mass is 290 g/mol. The Morgan fingerprint density at radius 2 is 2.20 bits per heavy atom. The summed E-state index contributed by atoms with van der Waals surface area (Å²) in [5, 5.41) is 4.12. The van der Waals surface area contributed by atoms with Gasteiger partial charge in [-0.15, -0.1) is 0 Å². The van der Waals surface area contributed by atoms with Gasteiger partial charge in [0.1, 0.15) is 5.15 Å². The van der Waals surface area contributed by atoms with Crippen molar-refractivity contribution in [3.05, 3.63) is 46.3 Å². The van der Waals surface area contributed by atoms with E-state index in [-0.39, 0.29) is 0 Å². The standard InChI is InChI=1S/C15H17ClN2.C2H6/c1-10-6-7-12-13(8-14(16)18-15(10)12)17-9-11-4-2-3-5-11;1-2/h2-4,8,10H,5-7,9H2,1H3,(H,17,18);1-2H3. The lowest BCUT2D eigenvalue weighted by molar-refractivity contribution is 0.731. The fourth-order valence-corrected chi connectivity index (χ4v) is 2.92. The Labute approximate surface area is 126 Å². The van der Waals surface area contributed by atoms with E-state index < -0.39 is 0 Å². The van der Waals surface area contributed by atoms with Gasteiger partial charge in [0.15, 0.2) is 0 Å². The highest BCUT2D eigenvalue weighted by Crippen LogP contribution is 2.37. The molecule has 1 unspecified atom stereocenters. The Hall–Kier alpha value is -1.28. The molecule has 0 aliphatic heterocycles. The van der Waals surface area contributed by atoms with Gasteiger partial charge in [-0.05, 0) is 42.4 Å². The average Bonchev–Trinajstić information content (AvgIpc) is 3.09. The highest BCUT2D eigenvalue weighted by molar-refractivity contribution is 6.29. The quantitative estimate of drug-likeness (QED) is 0.783. The summed E-state index contributed by atoms with van der Waals surface area (Å²) >= 11 is 6.11. The number of hydrogen-bond acceptors (Lipinski definition) is 2. The highest BCUT2D eigenvalue weighted by atomic mass is 35.5. The number of hydrogen-bond donors (Lipinski definition) is 1. The Morgan fingerprint density at radius 1 is 1.40 bits per heavy atom. The molecule has 1 aromatic heterocycles. The van der Waals surface area contributed by atoms with Crippen LogP contribution in [0.2, 0.25) is 5.15 Å². The van der Waals surface area contributed by atoms with Crippen molar-refractivity contribution in [3.63, 3.8) is 0 Å². The van der Waals surface area contributed by atoms with Crippen LogP contribution in [0.1, 0.15) is 50.8 Å². The molecule has 1 N–H and O–H groups in total. The maximum absolute atomic E-state index is 6.11. The van der Waals surface area contributed by atoms with Gasteiger partial charge in [-0.25, -0.2) is 4.98 Å². The minimum absolute atomic E-state index is 0.534. The molecule has 0 spiro atoms. The van der Waals surface area contributed by atoms with E-state index in [0.717, 1.165) is 19.4 Å². The number of nitrogens with zero attached hydrogens (tertiary/aromatic N) is 1. The van der Waals surface area contributed by atoms with E-state index in [1.807, 2.05) is 19.9 Å². The SMILES string of the molecule is CC.CC1CCc2c(NCC3=CC=CC3)cc(Cl)nc21. The van der Waals surface area contributed by atoms with E-state index in [1.165, 1.54) is 28.9 Å². The average molecular weight is 291 g/mol. The third kappa shape index (κ3) is 3.24. The third-order valence-electron chi connectivity index (χ3n) is 3.77. The van der Waals surface area contributed by atoms with Crippen molar-refractivity contribution in [3.8, 4) is 0 Å². The first-order valence-corrected chi connectivity index (χ1v) is 7.89. The zero-order valence-corrected chi connectivity index (χ0v) is 13.3. The van der Waals surface area contributed by atoms with Crippen molar-refractivity contribution in [2.45, 2.75) is 46.0 Å². The first-order valence-electron chi connectivity index (χ1n) is 7.52. The van der Waals surface area contributed by atoms with E-state index >= 15 is 0 Å². The predicted octanol–water partition coefficient (Wildman–Crippen LogP) is 5.11. The molecule has 20 heavy (non-hydrogen) atoms. The van der Waals surface area contributed by atoms with Crippen LogP contribution >= 0.6 is 11.6 Å². The molecule has 1 atom stereocenters. The van der Waals surface area contributed by atoms with Crippen molar-refractivity contribution in [1.29, 1.82) is 0 Å². The van der Waals surface area contributed by atoms with Gasteiger partial charge in [0, 0.05) is 12.2 Å². The number of halogens is 1. The number of allylic oxidation sites excluding steroid dienone is 3. The number of aromatic nitrogens is 1. The smallest absolute Gasteiger partial charge is 0.131 e. The van der Waals surface area contributed by atoms with Gasteiger partial charge in [0.05, 0.1) is 5.69 Å². The van der Waals surface area contributed by atoms with Crippen LogP contribution in [-0.4, -0.2) is 11.5 Å². The maximum Gasteiger partial charge on any atom is 0.131 e. The fraction of sp³-hybridized carbons (Fsp3) is 0.471. The molecule has 2 aliphatic rings. The molecule has 108 valence electrons. The van der Waals surface area contributed by atoms with Gasteiger partial charge in [0.25, 0.3) is 0 Å². The normalized spacial score (nSPS) is 19.2. The Morgan fingerprint density at radius 3 is 2.90 bits per heavy atom. The minimum Gasteiger partial charge on any atom is -0.381 e. The van der Waals surface area contributed by atoms with Crippen LogP contribution in [-0.2, 0) is 6.42 Å². The van der Waals surface area contributed by atoms with Crippen molar-refractivity contribution in [1.82, 2.24) is 4.98 Å². The summed E-state index contributed by atoms with van der Waals surface area (Å²) in [6.45, 7) is 7.12. The molecule has 0 bridgehead atoms. The largest absolute Gasteiger partial charge is 0.381 e. The van der Waals surface area contributed by atoms with Gasteiger partial charge in [-0.1, -0.05) is 50.6 Å². The molecule has 0 saturated heterocycles. The molecular weight excluding hydrogens is 268 g/mol. The van der Waals surface area contributed by atoms with E-state index in [0.29, 0.717) is 11.1 Å². The van der Waals surface area contributed by atoms with Gasteiger partial charge in [-0.2, -0.15) is 0 Å². The number of pyridine rings is 1. The van der Waals surface area contributed by atoms with Crippen LogP contribution in [0.3, 0.4) is 0 Å². The molecule has 0 aromatic carbocycles. The van der Waals surface area contributed by atoms with Crippen LogP contribution in [0.5, 0.6) is 0 Å². The highest BCUT2D eigenvalue weighted by Gasteiger charge is 2.23. The molecule has 1 heterocycles. The lowest BCUT2D eigenvalue weighted by Crippen LogP contribution is -2.07. The molecule has 3 rings (SSSR count). The number of nitrogens with one attached hydrogen (secondary N) is 1. The van der Waals surface area contributed by atoms with Gasteiger partial charge >= 0.3 is 0 Å². The number of fused-ring (bicyclic) bond motifs is 1. The van der Waals surface area contributed by atoms with E-state index in [1.54, 1.807) is 0 Å². The molecule has 1 aromatic rings. The second-order valence-corrected chi connectivity index (χ2v) is 5.49. The zero-order chi connectivity index (χ0) is 14.5. The third-order valence-corrected chi connectivity index (χ3v) is 3.97. The summed E-state index contributed by atoms with van der Waals surface area (Å²) in [6.07, 6.45) is 9.83. The topological polar surface area (TPSA) is 24.9 Å². The predicted molar refractivity (Wildman–Crippen MR) is 87.7 cm³/mol. The van der Waals surface area contributed by atoms with E-state index in [2.05, 4.69) is 35.5 Å². The molecule has 3 heteroatoms. The Bertz CT molecular complexity index is 532. The summed E-state index contributed by atoms with van der Waals surface area (Å²) in [7, 11) is 0. The second kappa shape index (κ2) is 6.94. The molecule has 0 saturated carbocycles. The molecule has 2 nitrogen and oxygen atoms in total. The Balaban J connectivity index is 0.000000704. The second-order valence-electron chi connectivity index (χ2n) is 5.11. The van der Waals surface area contributed by atoms with E-state index in [9.17, 15) is 0 Å². The summed E-state index contributed by atoms with van der Waals surface area (Å²) in [5.41, 5.74) is 5.13. The summed E-state index contributed by atoms with van der Waals surface area (Å²) in [5.74, 6) is 0.534. The fourth-order valence-electron chi connectivity index (χ4n) is 2.72. The van der Waals surface area contributed by atoms with Crippen molar-refractivity contribution in [2.24, 2.45) is 0 Å². The van der Waals surface area contributed by atoms with Crippen molar-refractivity contribution in [2.75, 3.05) is 11.9 Å². The van der Waals surface area contributed by atoms with Crippen molar-refractivity contribution < 1.29 is 0 Å². The first kappa shape index (κ1) is 15.1. The van der Waals surface area contributed by atoms with Crippen LogP contribution < -0.4 is 5.32 Å². The van der Waals surface area contributed by atoms with E-state index in [4.69, 9.17) is 11.6 Å². The summed E-state index contributed by atoms with van der Waals surface area (Å²) < 4.78 is 0. The summed E-state index contributed by atoms with van der Waals surface area (Å²) in [6, 6.07) is 1.96. The van der Waals surface area contributed by atoms with Crippen LogP contribution in [0.15, 0.2) is 29.9 Å². The zero-order valence-electron chi connectivity index (χ0n) is 12.5. The number of rotatable bonds is 3. The van der Waals surface area contributed by atoms with Crippen LogP contribution in [0, 0.1) is 0 Å². The van der Waals surface area contributed by atoms with Crippen LogP contribution in [0.25, 0.3) is 0 Å². The van der Waals surface area contributed by atoms with Gasteiger partial charge in [0.2, 0.25) is 0 Å². The van der Waals surface area contributed by atoms with Crippen LogP contribution in [0.4, 0.5) is 5.69 Å². The van der Waals surface area contributed by atoms with Gasteiger partial charge < -0.3 is 5.32 Å². The van der Waals surface area contributed by atoms with Gasteiger partial charge in [-0.3, -0.25) is 0 Å². The molecular formula is C17H23ClN2. The lowest BCUT2D eigenvalue weighted by Gasteiger charge is -2.13. The molecule has 0 fully saturated rings. The van der Waals surface area contributed by atoms with Crippen molar-refractivity contribution >= 4 is 17.3 Å². The molecule has 2 aliphatic carbocycles. The lowest BCUT2D eigenvalue weighted by atomic mass is 10.1. The maximum atomic E-state index is 6.11. The Kier molecular flexibility index (Phi) is 5.24. The minimum atomic E-state index is 0.534. The molecule has 0 amide bonds. The molecule has 0 radical (unpaired) electrons. The summed E-state index contributed by atoms with van der Waals surface area (Å²) in [4.78, 5) is 4.47. The first-order chi connectivity index (χ1) is 9.74. The number of anilines is 1.